The van der Waals surface area contributed by atoms with Gasteiger partial charge in [-0.25, -0.2) is 59.8 Å². The number of amides is 1. The van der Waals surface area contributed by atoms with Gasteiger partial charge in [0, 0.05) is 102 Å². The lowest BCUT2D eigenvalue weighted by atomic mass is 10.3. The molecular weight excluding hydrogens is 1300 g/mol. The Labute approximate surface area is 578 Å². The number of nitrogens with two attached hydrogens (primary N) is 1. The lowest BCUT2D eigenvalue weighted by Crippen LogP contribution is -2.12. The third-order valence-corrected chi connectivity index (χ3v) is 13.6. The first kappa shape index (κ1) is 72.4. The van der Waals surface area contributed by atoms with Crippen molar-refractivity contribution in [1.29, 1.82) is 0 Å². The molecule has 99 heavy (non-hydrogen) atoms. The Morgan fingerprint density at radius 3 is 0.939 bits per heavy atom. The summed E-state index contributed by atoms with van der Waals surface area (Å²) in [5.41, 5.74) is 11.3. The third-order valence-electron chi connectivity index (χ3n) is 12.9. The molecule has 14 rings (SSSR count). The number of thioether (sulfide) groups is 1. The summed E-state index contributed by atoms with van der Waals surface area (Å²) in [6.07, 6.45) is 25.4. The topological polar surface area (TPSA) is 347 Å². The highest BCUT2D eigenvalue weighted by atomic mass is 35.5. The van der Waals surface area contributed by atoms with E-state index in [-0.39, 0.29) is 23.1 Å². The number of halogens is 1. The van der Waals surface area contributed by atoms with Gasteiger partial charge in [0.1, 0.15) is 80.6 Å². The predicted molar refractivity (Wildman–Crippen MR) is 377 cm³/mol. The van der Waals surface area contributed by atoms with Crippen molar-refractivity contribution in [2.75, 3.05) is 48.7 Å². The van der Waals surface area contributed by atoms with Gasteiger partial charge in [0.2, 0.25) is 35.0 Å². The summed E-state index contributed by atoms with van der Waals surface area (Å²) in [5, 5.41) is 6.37. The maximum atomic E-state index is 10.8. The zero-order chi connectivity index (χ0) is 70.8. The van der Waals surface area contributed by atoms with Crippen molar-refractivity contribution in [2.45, 2.75) is 60.5 Å². The second kappa shape index (κ2) is 35.9. The van der Waals surface area contributed by atoms with Gasteiger partial charge >= 0.3 is 5.95 Å². The van der Waals surface area contributed by atoms with Crippen LogP contribution >= 0.6 is 23.4 Å². The lowest BCUT2D eigenvalue weighted by molar-refractivity contribution is -0.114. The normalized spacial score (nSPS) is 10.2. The van der Waals surface area contributed by atoms with E-state index in [1.165, 1.54) is 18.7 Å². The van der Waals surface area contributed by atoms with Crippen LogP contribution in [0.2, 0.25) is 5.28 Å². The minimum Gasteiger partial charge on any atom is -0.461 e. The van der Waals surface area contributed by atoms with Gasteiger partial charge in [0.05, 0.1) is 51.3 Å². The van der Waals surface area contributed by atoms with E-state index in [0.717, 1.165) is 119 Å². The van der Waals surface area contributed by atoms with Crippen LogP contribution < -0.4 is 21.3 Å². The number of furan rings is 7. The van der Waals surface area contributed by atoms with Crippen LogP contribution in [-0.4, -0.2) is 103 Å². The van der Waals surface area contributed by atoms with E-state index in [2.05, 4.69) is 85.3 Å². The Morgan fingerprint density at radius 2 is 0.687 bits per heavy atom. The highest BCUT2D eigenvalue weighted by Crippen LogP contribution is 2.27. The molecule has 27 nitrogen and oxygen atoms in total. The Bertz CT molecular complexity index is 4630. The van der Waals surface area contributed by atoms with Gasteiger partial charge in [-0.3, -0.25) is 10.1 Å². The minimum atomic E-state index is -0.193. The van der Waals surface area contributed by atoms with Crippen LogP contribution in [0.3, 0.4) is 0 Å². The van der Waals surface area contributed by atoms with Crippen molar-refractivity contribution in [3.05, 3.63) is 229 Å². The van der Waals surface area contributed by atoms with Gasteiger partial charge in [-0.2, -0.15) is 9.97 Å². The van der Waals surface area contributed by atoms with Crippen LogP contribution in [0.15, 0.2) is 208 Å². The maximum absolute atomic E-state index is 10.8. The maximum Gasteiger partial charge on any atom is 0.371 e. The summed E-state index contributed by atoms with van der Waals surface area (Å²) in [6, 6.07) is 26.5. The molecule has 4 N–H and O–H groups in total. The summed E-state index contributed by atoms with van der Waals surface area (Å²) in [6.45, 7) is 21.4. The molecule has 0 aliphatic heterocycles. The van der Waals surface area contributed by atoms with Gasteiger partial charge < -0.3 is 51.7 Å². The molecule has 504 valence electrons. The molecule has 0 fully saturated rings. The van der Waals surface area contributed by atoms with E-state index in [0.29, 0.717) is 23.6 Å². The third kappa shape index (κ3) is 22.6. The summed E-state index contributed by atoms with van der Waals surface area (Å²) < 4.78 is 38.0. The molecule has 29 heteroatoms. The molecule has 0 atom stereocenters. The SMILES string of the molecule is CC(=O)Nc1ncc(-c2ccc(C)o2)cn1.CNc1ncc(-c2ccc(C)o2)cn1.CSc1ncc(-c2ccc(C)o2)cn1.Cc1ccc(-c2cnc(Cl)nc2)o1.Cc1ccc(-c2cnc(N(C)C)nc2)o1.Cc1ccc(-c2cnc(N)nc2)o1.[C-]#[N+]c1ncc(-c2ccc(C)o2)cn1. The first-order valence-corrected chi connectivity index (χ1v) is 31.5. The first-order valence-electron chi connectivity index (χ1n) is 29.9. The van der Waals surface area contributed by atoms with Crippen molar-refractivity contribution in [1.82, 2.24) is 69.8 Å². The standard InChI is InChI=1S/C11H11N3O2.C11H13N3O.C10H11N3O.C10H7N3O.C10H10N2OS.C9H7ClN2O.C9H9N3O/c1-7-3-4-10(16-7)9-5-12-11(13-6-9)14-8(2)15;1-8-4-5-10(15-8)9-6-12-11(13-7-9)14(2)3;2*1-7-3-4-9(14-7)8-5-12-10(11-2)13-6-8;1-7-3-4-9(13-7)8-5-11-10(14-2)12-6-8;2*1-6-2-3-8(13-6)7-4-11-9(10)12-5-7/h3-6H,1-2H3,(H,12,13,14,15);4-7H,1-3H3;3-6H,1-2H3,(H,11,12,13);3-6H,1H3;3-6H,1-2H3;2-5H,1H3;2-5H,1H3,(H2,10,11,12). The Hall–Kier alpha value is -12.5. The second-order valence-electron chi connectivity index (χ2n) is 21.0. The molecule has 0 aliphatic rings. The van der Waals surface area contributed by atoms with Gasteiger partial charge in [-0.1, -0.05) is 11.8 Å². The molecule has 1 amide bonds. The average Bonchev–Trinajstić information content (AvgIpc) is 1.91. The Balaban J connectivity index is 0.000000147. The number of carbonyl (C=O) groups excluding carboxylic acids is 1. The first-order chi connectivity index (χ1) is 47.7. The monoisotopic (exact) mass is 1370 g/mol. The van der Waals surface area contributed by atoms with Crippen LogP contribution in [0.4, 0.5) is 29.7 Å². The van der Waals surface area contributed by atoms with E-state index in [4.69, 9.17) is 54.8 Å². The highest BCUT2D eigenvalue weighted by molar-refractivity contribution is 7.98. The number of hydrogen-bond acceptors (Lipinski definition) is 26. The van der Waals surface area contributed by atoms with Gasteiger partial charge in [0.15, 0.2) is 5.16 Å². The lowest BCUT2D eigenvalue weighted by Gasteiger charge is -2.08. The summed E-state index contributed by atoms with van der Waals surface area (Å²) in [7, 11) is 5.60. The van der Waals surface area contributed by atoms with Crippen LogP contribution in [0.25, 0.3) is 84.1 Å². The van der Waals surface area contributed by atoms with Crippen molar-refractivity contribution >= 4 is 59.0 Å². The number of nitrogens with zero attached hydrogens (tertiary/aromatic N) is 16. The smallest absolute Gasteiger partial charge is 0.371 e. The second-order valence-corrected chi connectivity index (χ2v) is 22.1. The van der Waals surface area contributed by atoms with Crippen molar-refractivity contribution < 1.29 is 35.7 Å². The number of aryl methyl sites for hydroxylation is 7. The fourth-order valence-electron chi connectivity index (χ4n) is 8.03. The fraction of sp³-hybridized carbons (Fsp3) is 0.171. The Morgan fingerprint density at radius 1 is 0.424 bits per heavy atom. The van der Waals surface area contributed by atoms with Gasteiger partial charge in [-0.15, -0.1) is 6.57 Å². The molecule has 14 aromatic rings. The fourth-order valence-corrected chi connectivity index (χ4v) is 8.44. The zero-order valence-electron chi connectivity index (χ0n) is 56.0. The van der Waals surface area contributed by atoms with E-state index in [9.17, 15) is 4.79 Å². The van der Waals surface area contributed by atoms with Crippen molar-refractivity contribution in [2.24, 2.45) is 0 Å². The number of rotatable bonds is 11. The Kier molecular flexibility index (Phi) is 26.2. The van der Waals surface area contributed by atoms with Gasteiger partial charge in [-0.05, 0) is 151 Å². The number of nitrogen functional groups attached to an aromatic ring is 1. The van der Waals surface area contributed by atoms with E-state index in [1.807, 2.05) is 159 Å². The minimum absolute atomic E-state index is 0.150. The van der Waals surface area contributed by atoms with Gasteiger partial charge in [0.25, 0.3) is 0 Å². The number of aromatic nitrogens is 14. The molecule has 0 radical (unpaired) electrons. The number of hydrogen-bond donors (Lipinski definition) is 3. The summed E-state index contributed by atoms with van der Waals surface area (Å²) in [5.74, 6) is 13.3. The number of carbonyl (C=O) groups is 1. The molecule has 0 spiro atoms. The van der Waals surface area contributed by atoms with Crippen LogP contribution in [0.5, 0.6) is 0 Å². The van der Waals surface area contributed by atoms with Crippen molar-refractivity contribution in [3.63, 3.8) is 0 Å². The van der Waals surface area contributed by atoms with E-state index >= 15 is 0 Å². The van der Waals surface area contributed by atoms with Crippen LogP contribution in [0, 0.1) is 55.0 Å². The molecule has 0 aromatic carbocycles. The predicted octanol–water partition coefficient (Wildman–Crippen LogP) is 15.9. The highest BCUT2D eigenvalue weighted by Gasteiger charge is 2.11. The van der Waals surface area contributed by atoms with Crippen LogP contribution in [0.1, 0.15) is 47.2 Å². The summed E-state index contributed by atoms with van der Waals surface area (Å²) in [4.78, 5) is 71.9. The molecule has 0 saturated carbocycles. The number of anilines is 4. The van der Waals surface area contributed by atoms with E-state index in [1.54, 1.807) is 93.8 Å². The molecular formula is C70H68ClN19O8S. The summed E-state index contributed by atoms with van der Waals surface area (Å²) >= 11 is 7.08. The molecule has 0 saturated heterocycles. The zero-order valence-corrected chi connectivity index (χ0v) is 57.5. The molecule has 0 aliphatic carbocycles. The molecule has 14 heterocycles. The van der Waals surface area contributed by atoms with E-state index < -0.39 is 0 Å². The van der Waals surface area contributed by atoms with Crippen molar-refractivity contribution in [3.8, 4) is 79.3 Å². The quantitative estimate of drug-likeness (QED) is 0.0615. The van der Waals surface area contributed by atoms with Crippen LogP contribution in [-0.2, 0) is 4.79 Å². The largest absolute Gasteiger partial charge is 0.461 e. The average molecular weight is 1370 g/mol. The number of nitrogens with one attached hydrogen (secondary N) is 2. The molecule has 14 aromatic heterocycles. The molecule has 0 unspecified atom stereocenters. The molecule has 0 bridgehead atoms.